The fraction of sp³-hybridized carbons (Fsp3) is 0.143. The summed E-state index contributed by atoms with van der Waals surface area (Å²) in [4.78, 5) is 5.67. The molecule has 0 saturated carbocycles. The molecule has 17 heavy (non-hydrogen) atoms. The van der Waals surface area contributed by atoms with E-state index in [2.05, 4.69) is 66.9 Å². The van der Waals surface area contributed by atoms with Gasteiger partial charge in [0, 0.05) is 14.1 Å². The van der Waals surface area contributed by atoms with Crippen molar-refractivity contribution >= 4 is 22.8 Å². The highest BCUT2D eigenvalue weighted by molar-refractivity contribution is 8.03. The zero-order chi connectivity index (χ0) is 11.8. The third-order valence-corrected chi connectivity index (χ3v) is 6.39. The Morgan fingerprint density at radius 3 is 1.76 bits per heavy atom. The minimum Gasteiger partial charge on any atom is -0.122 e. The summed E-state index contributed by atoms with van der Waals surface area (Å²) in [6, 6.07) is 17.5. The molecule has 0 aromatic heterocycles. The van der Waals surface area contributed by atoms with Gasteiger partial charge in [0.25, 0.3) is 0 Å². The molecule has 3 rings (SSSR count). The van der Waals surface area contributed by atoms with Crippen molar-refractivity contribution in [1.82, 2.24) is 4.31 Å². The number of rotatable bonds is 1. The minimum absolute atomic E-state index is 0.0662. The third-order valence-electron chi connectivity index (χ3n) is 2.70. The molecule has 0 radical (unpaired) electrons. The maximum atomic E-state index is 2.32. The van der Waals surface area contributed by atoms with E-state index >= 15 is 0 Å². The van der Waals surface area contributed by atoms with E-state index in [0.717, 1.165) is 0 Å². The van der Waals surface area contributed by atoms with E-state index in [4.69, 9.17) is 0 Å². The van der Waals surface area contributed by atoms with Gasteiger partial charge in [-0.15, -0.1) is 4.31 Å². The molecular weight excluding hydrogens is 246 g/mol. The standard InChI is InChI=1S/C14H14NS2/c1-15(2)17-13-9-5-3-7-11(13)16-12-8-4-6-10-14(12)17/h3-10H,1-2H3/q+1. The lowest BCUT2D eigenvalue weighted by molar-refractivity contribution is 0.679. The van der Waals surface area contributed by atoms with Crippen LogP contribution in [0, 0.1) is 0 Å². The molecule has 0 unspecified atom stereocenters. The first kappa shape index (κ1) is 11.2. The van der Waals surface area contributed by atoms with E-state index in [0.29, 0.717) is 0 Å². The highest BCUT2D eigenvalue weighted by atomic mass is 32.2. The van der Waals surface area contributed by atoms with Gasteiger partial charge in [-0.25, -0.2) is 0 Å². The van der Waals surface area contributed by atoms with Gasteiger partial charge < -0.3 is 0 Å². The summed E-state index contributed by atoms with van der Waals surface area (Å²) < 4.78 is 2.32. The molecule has 86 valence electrons. The topological polar surface area (TPSA) is 3.24 Å². The monoisotopic (exact) mass is 260 g/mol. The van der Waals surface area contributed by atoms with Crippen molar-refractivity contribution in [1.29, 1.82) is 0 Å². The Morgan fingerprint density at radius 2 is 1.29 bits per heavy atom. The lowest BCUT2D eigenvalue weighted by atomic mass is 10.3. The van der Waals surface area contributed by atoms with Crippen molar-refractivity contribution in [3.05, 3.63) is 48.5 Å². The molecule has 3 heteroatoms. The maximum absolute atomic E-state index is 2.32. The Morgan fingerprint density at radius 1 is 0.824 bits per heavy atom. The van der Waals surface area contributed by atoms with Crippen LogP contribution in [0.3, 0.4) is 0 Å². The van der Waals surface area contributed by atoms with Gasteiger partial charge in [0.15, 0.2) is 20.9 Å². The van der Waals surface area contributed by atoms with Crippen LogP contribution in [0.4, 0.5) is 0 Å². The van der Waals surface area contributed by atoms with Crippen LogP contribution in [0.2, 0.25) is 0 Å². The number of hydrogen-bond donors (Lipinski definition) is 0. The molecule has 0 spiro atoms. The molecule has 0 saturated heterocycles. The molecule has 1 heterocycles. The van der Waals surface area contributed by atoms with Gasteiger partial charge in [-0.1, -0.05) is 36.0 Å². The summed E-state index contributed by atoms with van der Waals surface area (Å²) in [7, 11) is 4.32. The summed E-state index contributed by atoms with van der Waals surface area (Å²) in [6.07, 6.45) is 0. The van der Waals surface area contributed by atoms with Gasteiger partial charge in [0.1, 0.15) is 0 Å². The van der Waals surface area contributed by atoms with Crippen LogP contribution in [0.5, 0.6) is 0 Å². The maximum Gasteiger partial charge on any atom is 0.195 e. The molecule has 1 aliphatic rings. The van der Waals surface area contributed by atoms with Crippen molar-refractivity contribution in [3.63, 3.8) is 0 Å². The highest BCUT2D eigenvalue weighted by Gasteiger charge is 2.38. The molecule has 0 amide bonds. The van der Waals surface area contributed by atoms with Crippen LogP contribution in [0.25, 0.3) is 0 Å². The van der Waals surface area contributed by atoms with E-state index in [1.165, 1.54) is 19.6 Å². The first-order chi connectivity index (χ1) is 8.27. The molecule has 0 atom stereocenters. The van der Waals surface area contributed by atoms with Gasteiger partial charge in [0.05, 0.1) is 9.79 Å². The van der Waals surface area contributed by atoms with Gasteiger partial charge in [-0.3, -0.25) is 0 Å². The van der Waals surface area contributed by atoms with Crippen LogP contribution in [0.1, 0.15) is 0 Å². The van der Waals surface area contributed by atoms with Crippen molar-refractivity contribution < 1.29 is 0 Å². The molecule has 0 aliphatic carbocycles. The first-order valence-corrected chi connectivity index (χ1v) is 7.55. The van der Waals surface area contributed by atoms with Crippen LogP contribution >= 0.6 is 11.8 Å². The second kappa shape index (κ2) is 4.41. The van der Waals surface area contributed by atoms with Gasteiger partial charge in [-0.05, 0) is 24.3 Å². The van der Waals surface area contributed by atoms with E-state index in [-0.39, 0.29) is 11.1 Å². The molecule has 0 N–H and O–H groups in total. The molecule has 2 aromatic carbocycles. The normalized spacial score (nSPS) is 14.5. The SMILES string of the molecule is CN(C)[S+]1c2ccccc2Sc2ccccc21. The van der Waals surface area contributed by atoms with E-state index in [1.54, 1.807) is 0 Å². The van der Waals surface area contributed by atoms with Crippen LogP contribution in [0.15, 0.2) is 68.1 Å². The predicted molar refractivity (Wildman–Crippen MR) is 74.6 cm³/mol. The van der Waals surface area contributed by atoms with E-state index < -0.39 is 0 Å². The highest BCUT2D eigenvalue weighted by Crippen LogP contribution is 2.45. The zero-order valence-electron chi connectivity index (χ0n) is 9.88. The van der Waals surface area contributed by atoms with Crippen LogP contribution in [-0.2, 0) is 11.1 Å². The molecular formula is C14H14NS2+. The fourth-order valence-corrected chi connectivity index (χ4v) is 5.57. The Bertz CT molecular complexity index is 506. The number of hydrogen-bond acceptors (Lipinski definition) is 2. The summed E-state index contributed by atoms with van der Waals surface area (Å²) in [5.41, 5.74) is 0. The van der Waals surface area contributed by atoms with Crippen molar-refractivity contribution in [3.8, 4) is 0 Å². The second-order valence-electron chi connectivity index (χ2n) is 4.09. The van der Waals surface area contributed by atoms with E-state index in [9.17, 15) is 0 Å². The Kier molecular flexibility index (Phi) is 2.90. The van der Waals surface area contributed by atoms with Crippen molar-refractivity contribution in [2.45, 2.75) is 19.6 Å². The van der Waals surface area contributed by atoms with Crippen LogP contribution < -0.4 is 0 Å². The predicted octanol–water partition coefficient (Wildman–Crippen LogP) is 3.66. The lowest BCUT2D eigenvalue weighted by Crippen LogP contribution is -2.25. The number of benzene rings is 2. The van der Waals surface area contributed by atoms with Crippen LogP contribution in [-0.4, -0.2) is 18.4 Å². The summed E-state index contributed by atoms with van der Waals surface area (Å²) in [6.45, 7) is 0. The zero-order valence-corrected chi connectivity index (χ0v) is 11.5. The molecule has 1 aliphatic heterocycles. The summed E-state index contributed by atoms with van der Waals surface area (Å²) in [5.74, 6) is 0. The third kappa shape index (κ3) is 1.88. The second-order valence-corrected chi connectivity index (χ2v) is 7.36. The lowest BCUT2D eigenvalue weighted by Gasteiger charge is -2.21. The molecule has 1 nitrogen and oxygen atoms in total. The first-order valence-electron chi connectivity index (χ1n) is 5.55. The molecule has 2 aromatic rings. The largest absolute Gasteiger partial charge is 0.195 e. The minimum atomic E-state index is 0.0662. The van der Waals surface area contributed by atoms with Crippen molar-refractivity contribution in [2.75, 3.05) is 14.1 Å². The summed E-state index contributed by atoms with van der Waals surface area (Å²) >= 11 is 1.95. The number of fused-ring (bicyclic) bond motifs is 2. The van der Waals surface area contributed by atoms with E-state index in [1.807, 2.05) is 11.8 Å². The summed E-state index contributed by atoms with van der Waals surface area (Å²) in [5, 5.41) is 0. The van der Waals surface area contributed by atoms with Gasteiger partial charge >= 0.3 is 0 Å². The smallest absolute Gasteiger partial charge is 0.122 e. The molecule has 0 bridgehead atoms. The Hall–Kier alpha value is -0.900. The van der Waals surface area contributed by atoms with Gasteiger partial charge in [-0.2, -0.15) is 0 Å². The average Bonchev–Trinajstić information content (AvgIpc) is 2.35. The fourth-order valence-electron chi connectivity index (χ4n) is 2.02. The van der Waals surface area contributed by atoms with Gasteiger partial charge in [0.2, 0.25) is 0 Å². The Balaban J connectivity index is 2.21. The van der Waals surface area contributed by atoms with Crippen molar-refractivity contribution in [2.24, 2.45) is 0 Å². The number of nitrogens with zero attached hydrogens (tertiary/aromatic N) is 1. The molecule has 0 fully saturated rings. The quantitative estimate of drug-likeness (QED) is 0.720. The Labute approximate surface area is 109 Å². The average molecular weight is 260 g/mol.